The Morgan fingerprint density at radius 1 is 1.16 bits per heavy atom. The van der Waals surface area contributed by atoms with Crippen LogP contribution < -0.4 is 5.73 Å². The zero-order chi connectivity index (χ0) is 13.4. The highest BCUT2D eigenvalue weighted by Crippen LogP contribution is 2.28. The van der Waals surface area contributed by atoms with E-state index in [0.29, 0.717) is 5.56 Å². The van der Waals surface area contributed by atoms with Gasteiger partial charge in [0.05, 0.1) is 0 Å². The van der Waals surface area contributed by atoms with E-state index in [-0.39, 0.29) is 17.0 Å². The van der Waals surface area contributed by atoms with Gasteiger partial charge in [-0.15, -0.1) is 11.3 Å². The van der Waals surface area contributed by atoms with Crippen molar-refractivity contribution in [1.82, 2.24) is 0 Å². The fourth-order valence-electron chi connectivity index (χ4n) is 2.05. The van der Waals surface area contributed by atoms with Gasteiger partial charge in [0, 0.05) is 32.3 Å². The molecule has 0 saturated carbocycles. The number of thiophene rings is 1. The first-order valence-electron chi connectivity index (χ1n) is 5.72. The molecule has 0 aliphatic carbocycles. The summed E-state index contributed by atoms with van der Waals surface area (Å²) >= 11 is 1.50. The zero-order valence-electron chi connectivity index (χ0n) is 9.89. The number of benzene rings is 2. The number of anilines is 1. The number of hydrogen-bond donors (Lipinski definition) is 1. The topological polar surface area (TPSA) is 43.1 Å². The Balaban J connectivity index is 2.13. The Bertz CT molecular complexity index is 758. The van der Waals surface area contributed by atoms with Crippen LogP contribution in [0.25, 0.3) is 10.1 Å². The molecule has 0 radical (unpaired) electrons. The lowest BCUT2D eigenvalue weighted by Gasteiger charge is -2.02. The number of fused-ring (bicyclic) bond motifs is 1. The highest BCUT2D eigenvalue weighted by atomic mass is 32.1. The Labute approximate surface area is 113 Å². The lowest BCUT2D eigenvalue weighted by Crippen LogP contribution is -2.02. The third-order valence-corrected chi connectivity index (χ3v) is 3.87. The quantitative estimate of drug-likeness (QED) is 0.568. The first-order chi connectivity index (χ1) is 9.15. The molecule has 0 bridgehead atoms. The second-order valence-electron chi connectivity index (χ2n) is 4.25. The van der Waals surface area contributed by atoms with E-state index in [2.05, 4.69) is 0 Å². The highest BCUT2D eigenvalue weighted by Gasteiger charge is 2.15. The van der Waals surface area contributed by atoms with Crippen molar-refractivity contribution in [3.63, 3.8) is 0 Å². The second kappa shape index (κ2) is 4.48. The number of hydrogen-bond acceptors (Lipinski definition) is 3. The van der Waals surface area contributed by atoms with Gasteiger partial charge in [-0.25, -0.2) is 4.39 Å². The van der Waals surface area contributed by atoms with Crippen LogP contribution in [0.4, 0.5) is 10.1 Å². The molecule has 2 N–H and O–H groups in total. The van der Waals surface area contributed by atoms with Gasteiger partial charge in [0.15, 0.2) is 5.78 Å². The minimum atomic E-state index is -0.497. The number of carbonyl (C=O) groups excluding carboxylic acids is 1. The Kier molecular flexibility index (Phi) is 2.80. The Morgan fingerprint density at radius 3 is 2.74 bits per heavy atom. The average Bonchev–Trinajstić information content (AvgIpc) is 2.80. The van der Waals surface area contributed by atoms with Gasteiger partial charge in [0.1, 0.15) is 5.82 Å². The van der Waals surface area contributed by atoms with Crippen molar-refractivity contribution in [2.75, 3.05) is 5.73 Å². The summed E-state index contributed by atoms with van der Waals surface area (Å²) < 4.78 is 14.4. The van der Waals surface area contributed by atoms with E-state index in [1.807, 2.05) is 24.3 Å². The fourth-order valence-corrected chi connectivity index (χ4v) is 2.99. The predicted molar refractivity (Wildman–Crippen MR) is 76.1 cm³/mol. The molecule has 3 aromatic rings. The Hall–Kier alpha value is -2.20. The molecule has 0 unspecified atom stereocenters. The Morgan fingerprint density at radius 2 is 1.95 bits per heavy atom. The van der Waals surface area contributed by atoms with Crippen molar-refractivity contribution in [3.8, 4) is 0 Å². The molecular weight excluding hydrogens is 261 g/mol. The van der Waals surface area contributed by atoms with Crippen molar-refractivity contribution in [3.05, 3.63) is 64.8 Å². The van der Waals surface area contributed by atoms with Crippen molar-refractivity contribution in [2.45, 2.75) is 0 Å². The normalized spacial score (nSPS) is 10.8. The van der Waals surface area contributed by atoms with E-state index in [0.717, 1.165) is 10.1 Å². The molecule has 94 valence electrons. The first-order valence-corrected chi connectivity index (χ1v) is 6.60. The van der Waals surface area contributed by atoms with Gasteiger partial charge < -0.3 is 5.73 Å². The first kappa shape index (κ1) is 11.9. The molecule has 0 spiro atoms. The van der Waals surface area contributed by atoms with Crippen LogP contribution in [0, 0.1) is 5.82 Å². The van der Waals surface area contributed by atoms with Crippen LogP contribution in [0.2, 0.25) is 0 Å². The maximum Gasteiger partial charge on any atom is 0.194 e. The zero-order valence-corrected chi connectivity index (χ0v) is 10.7. The predicted octanol–water partition coefficient (Wildman–Crippen LogP) is 3.85. The molecular formula is C15H10FNOS. The number of rotatable bonds is 2. The van der Waals surface area contributed by atoms with Crippen molar-refractivity contribution < 1.29 is 9.18 Å². The van der Waals surface area contributed by atoms with Gasteiger partial charge in [-0.1, -0.05) is 18.2 Å². The van der Waals surface area contributed by atoms with E-state index < -0.39 is 5.82 Å². The summed E-state index contributed by atoms with van der Waals surface area (Å²) in [5, 5.41) is 2.69. The van der Waals surface area contributed by atoms with Crippen molar-refractivity contribution in [1.29, 1.82) is 0 Å². The molecule has 19 heavy (non-hydrogen) atoms. The minimum Gasteiger partial charge on any atom is -0.399 e. The summed E-state index contributed by atoms with van der Waals surface area (Å²) in [4.78, 5) is 12.4. The molecule has 4 heteroatoms. The molecule has 3 rings (SSSR count). The maximum atomic E-state index is 13.3. The summed E-state index contributed by atoms with van der Waals surface area (Å²) in [6.45, 7) is 0. The number of nitrogen functional groups attached to an aromatic ring is 1. The maximum absolute atomic E-state index is 13.3. The highest BCUT2D eigenvalue weighted by molar-refractivity contribution is 7.17. The smallest absolute Gasteiger partial charge is 0.194 e. The molecule has 0 fully saturated rings. The van der Waals surface area contributed by atoms with E-state index in [1.54, 1.807) is 5.38 Å². The van der Waals surface area contributed by atoms with Crippen LogP contribution in [-0.4, -0.2) is 5.78 Å². The molecule has 2 aromatic carbocycles. The van der Waals surface area contributed by atoms with E-state index in [4.69, 9.17) is 5.73 Å². The molecule has 0 aliphatic heterocycles. The van der Waals surface area contributed by atoms with Crippen LogP contribution in [0.15, 0.2) is 47.8 Å². The monoisotopic (exact) mass is 271 g/mol. The van der Waals surface area contributed by atoms with Crippen molar-refractivity contribution in [2.24, 2.45) is 0 Å². The molecule has 0 saturated heterocycles. The number of ketones is 1. The van der Waals surface area contributed by atoms with Crippen LogP contribution in [0.3, 0.4) is 0 Å². The van der Waals surface area contributed by atoms with Crippen LogP contribution in [-0.2, 0) is 0 Å². The SMILES string of the molecule is Nc1cc(F)cc(C(=O)c2csc3ccccc23)c1. The van der Waals surface area contributed by atoms with E-state index >= 15 is 0 Å². The summed E-state index contributed by atoms with van der Waals surface area (Å²) in [5.74, 6) is -0.702. The molecule has 0 amide bonds. The van der Waals surface area contributed by atoms with Gasteiger partial charge in [0.2, 0.25) is 0 Å². The third kappa shape index (κ3) is 2.11. The number of halogens is 1. The molecule has 2 nitrogen and oxygen atoms in total. The van der Waals surface area contributed by atoms with Gasteiger partial charge in [-0.3, -0.25) is 4.79 Å². The lowest BCUT2D eigenvalue weighted by molar-refractivity contribution is 0.104. The van der Waals surface area contributed by atoms with Crippen molar-refractivity contribution >= 4 is 32.9 Å². The van der Waals surface area contributed by atoms with Gasteiger partial charge in [0.25, 0.3) is 0 Å². The molecule has 1 heterocycles. The molecule has 0 atom stereocenters. The fraction of sp³-hybridized carbons (Fsp3) is 0. The summed E-state index contributed by atoms with van der Waals surface area (Å²) in [7, 11) is 0. The summed E-state index contributed by atoms with van der Waals surface area (Å²) in [5.41, 5.74) is 6.69. The van der Waals surface area contributed by atoms with Crippen LogP contribution >= 0.6 is 11.3 Å². The minimum absolute atomic E-state index is 0.205. The second-order valence-corrected chi connectivity index (χ2v) is 5.16. The van der Waals surface area contributed by atoms with E-state index in [9.17, 15) is 9.18 Å². The van der Waals surface area contributed by atoms with Gasteiger partial charge >= 0.3 is 0 Å². The third-order valence-electron chi connectivity index (χ3n) is 2.91. The standard InChI is InChI=1S/C15H10FNOS/c16-10-5-9(6-11(17)7-10)15(18)13-8-19-14-4-2-1-3-12(13)14/h1-8H,17H2. The van der Waals surface area contributed by atoms with Gasteiger partial charge in [-0.2, -0.15) is 0 Å². The largest absolute Gasteiger partial charge is 0.399 e. The van der Waals surface area contributed by atoms with E-state index in [1.165, 1.54) is 29.5 Å². The molecule has 1 aromatic heterocycles. The van der Waals surface area contributed by atoms with Crippen LogP contribution in [0.1, 0.15) is 15.9 Å². The number of carbonyl (C=O) groups is 1. The summed E-state index contributed by atoms with van der Waals surface area (Å²) in [6.07, 6.45) is 0. The number of nitrogens with two attached hydrogens (primary N) is 1. The summed E-state index contributed by atoms with van der Waals surface area (Å²) in [6, 6.07) is 11.6. The molecule has 0 aliphatic rings. The van der Waals surface area contributed by atoms with Gasteiger partial charge in [-0.05, 0) is 24.3 Å². The average molecular weight is 271 g/mol. The lowest BCUT2D eigenvalue weighted by atomic mass is 10.0. The van der Waals surface area contributed by atoms with Crippen LogP contribution in [0.5, 0.6) is 0 Å².